The molecule has 1 fully saturated rings. The molecule has 0 aliphatic carbocycles. The van der Waals surface area contributed by atoms with Gasteiger partial charge in [0.1, 0.15) is 41.6 Å². The number of nitrogens with one attached hydrogen (secondary N) is 2. The van der Waals surface area contributed by atoms with E-state index >= 15 is 0 Å². The quantitative estimate of drug-likeness (QED) is 0.266. The number of halogens is 3. The number of carbonyl (C=O) groups excluding carboxylic acids is 3. The molecule has 0 spiro atoms. The van der Waals surface area contributed by atoms with E-state index in [1.54, 1.807) is 18.7 Å². The number of anilines is 2. The number of amides is 3. The Bertz CT molecular complexity index is 1360. The molecule has 0 radical (unpaired) electrons. The zero-order chi connectivity index (χ0) is 30.3. The first-order valence-electron chi connectivity index (χ1n) is 12.3. The third-order valence-electron chi connectivity index (χ3n) is 6.20. The number of aliphatic imine (C=N–C) groups is 1. The van der Waals surface area contributed by atoms with E-state index in [-0.39, 0.29) is 17.2 Å². The van der Waals surface area contributed by atoms with Crippen molar-refractivity contribution in [3.05, 3.63) is 47.7 Å². The second-order valence-electron chi connectivity index (χ2n) is 9.10. The number of aromatic hydroxyl groups is 1. The number of rotatable bonds is 8. The monoisotopic (exact) mass is 578 g/mol. The molecule has 220 valence electrons. The molecule has 3 amide bonds. The van der Waals surface area contributed by atoms with Crippen molar-refractivity contribution in [2.75, 3.05) is 43.0 Å². The molecular weight excluding hydrogens is 549 g/mol. The van der Waals surface area contributed by atoms with E-state index in [9.17, 15) is 32.7 Å². The summed E-state index contributed by atoms with van der Waals surface area (Å²) in [6.07, 6.45) is -1.79. The third kappa shape index (κ3) is 8.20. The van der Waals surface area contributed by atoms with Crippen LogP contribution in [0, 0.1) is 0 Å². The number of piperazine rings is 1. The van der Waals surface area contributed by atoms with Gasteiger partial charge in [0.05, 0.1) is 12.2 Å². The third-order valence-corrected chi connectivity index (χ3v) is 6.20. The number of pyridine rings is 1. The van der Waals surface area contributed by atoms with E-state index in [0.717, 1.165) is 0 Å². The van der Waals surface area contributed by atoms with Gasteiger partial charge in [0.2, 0.25) is 5.91 Å². The fourth-order valence-corrected chi connectivity index (χ4v) is 3.63. The highest BCUT2D eigenvalue weighted by Gasteiger charge is 2.34. The summed E-state index contributed by atoms with van der Waals surface area (Å²) in [7, 11) is 0. The highest BCUT2D eigenvalue weighted by atomic mass is 19.4. The predicted molar refractivity (Wildman–Crippen MR) is 141 cm³/mol. The molecule has 3 heterocycles. The van der Waals surface area contributed by atoms with Gasteiger partial charge < -0.3 is 30.6 Å². The molecule has 13 nitrogen and oxygen atoms in total. The van der Waals surface area contributed by atoms with Crippen molar-refractivity contribution in [2.45, 2.75) is 33.0 Å². The van der Waals surface area contributed by atoms with E-state index in [4.69, 9.17) is 5.11 Å². The molecule has 16 heteroatoms. The fourth-order valence-electron chi connectivity index (χ4n) is 3.63. The second kappa shape index (κ2) is 13.2. The number of nitrogens with zero attached hydrogens (tertiary/aromatic N) is 6. The Balaban J connectivity index is 1.59. The number of aliphatic hydroxyl groups excluding tert-OH is 1. The Kier molecular flexibility index (Phi) is 9.94. The Hall–Kier alpha value is -4.60. The normalized spacial score (nSPS) is 15.4. The maximum Gasteiger partial charge on any atom is 0.420 e. The van der Waals surface area contributed by atoms with Crippen molar-refractivity contribution < 1.29 is 37.8 Å². The standard InChI is InChI=1S/C25H29F3N8O5/c1-14(23(40)34-20-8-17(25(26,27)28)19(38)11-30-20)10-29-15(2)16(3)33-24(41)18-9-21(32-13-31-18)35-4-6-36(7-5-35)22(39)12-37/h8-11,13,16,37-38H,4-7,12H2,1-3H3,(H,33,41)(H,30,34,40)/b14-10+,29-15?. The van der Waals surface area contributed by atoms with Gasteiger partial charge >= 0.3 is 6.18 Å². The molecular formula is C25H29F3N8O5. The fraction of sp³-hybridized carbons (Fsp3) is 0.400. The molecule has 0 bridgehead atoms. The Morgan fingerprint density at radius 3 is 2.44 bits per heavy atom. The molecule has 3 rings (SSSR count). The van der Waals surface area contributed by atoms with Crippen LogP contribution in [0.4, 0.5) is 24.8 Å². The summed E-state index contributed by atoms with van der Waals surface area (Å²) in [5.74, 6) is -2.57. The first-order valence-corrected chi connectivity index (χ1v) is 12.3. The van der Waals surface area contributed by atoms with E-state index in [1.807, 2.05) is 4.90 Å². The van der Waals surface area contributed by atoms with Gasteiger partial charge in [0.15, 0.2) is 0 Å². The van der Waals surface area contributed by atoms with Crippen LogP contribution in [0.15, 0.2) is 41.4 Å². The van der Waals surface area contributed by atoms with Crippen molar-refractivity contribution in [3.8, 4) is 5.75 Å². The van der Waals surface area contributed by atoms with E-state index in [2.05, 4.69) is 30.6 Å². The van der Waals surface area contributed by atoms with Crippen LogP contribution in [-0.2, 0) is 15.8 Å². The van der Waals surface area contributed by atoms with Crippen LogP contribution in [0.25, 0.3) is 0 Å². The minimum atomic E-state index is -4.83. The topological polar surface area (TPSA) is 173 Å². The molecule has 1 aliphatic heterocycles. The lowest BCUT2D eigenvalue weighted by atomic mass is 10.2. The Morgan fingerprint density at radius 2 is 1.80 bits per heavy atom. The van der Waals surface area contributed by atoms with Gasteiger partial charge in [0, 0.05) is 49.7 Å². The summed E-state index contributed by atoms with van der Waals surface area (Å²) in [4.78, 5) is 56.3. The molecule has 1 unspecified atom stereocenters. The van der Waals surface area contributed by atoms with Crippen molar-refractivity contribution in [3.63, 3.8) is 0 Å². The number of carbonyl (C=O) groups is 3. The van der Waals surface area contributed by atoms with Crippen molar-refractivity contribution in [1.82, 2.24) is 25.2 Å². The molecule has 0 saturated carbocycles. The van der Waals surface area contributed by atoms with Gasteiger partial charge in [-0.25, -0.2) is 15.0 Å². The number of aromatic nitrogens is 3. The Labute approximate surface area is 232 Å². The molecule has 41 heavy (non-hydrogen) atoms. The van der Waals surface area contributed by atoms with E-state index in [0.29, 0.717) is 50.0 Å². The van der Waals surface area contributed by atoms with Crippen molar-refractivity contribution in [1.29, 1.82) is 0 Å². The highest BCUT2D eigenvalue weighted by Crippen LogP contribution is 2.36. The summed E-state index contributed by atoms with van der Waals surface area (Å²) in [6.45, 7) is 5.87. The average Bonchev–Trinajstić information content (AvgIpc) is 2.95. The van der Waals surface area contributed by atoms with Gasteiger partial charge in [-0.15, -0.1) is 0 Å². The van der Waals surface area contributed by atoms with E-state index < -0.39 is 47.8 Å². The second-order valence-corrected chi connectivity index (χ2v) is 9.10. The number of aliphatic hydroxyl groups is 1. The van der Waals surface area contributed by atoms with Gasteiger partial charge in [-0.2, -0.15) is 13.2 Å². The van der Waals surface area contributed by atoms with Gasteiger partial charge in [-0.1, -0.05) is 0 Å². The Morgan fingerprint density at radius 1 is 1.12 bits per heavy atom. The maximum atomic E-state index is 13.0. The van der Waals surface area contributed by atoms with Gasteiger partial charge in [-0.3, -0.25) is 19.4 Å². The van der Waals surface area contributed by atoms with Crippen LogP contribution in [0.3, 0.4) is 0 Å². The summed E-state index contributed by atoms with van der Waals surface area (Å²) in [5.41, 5.74) is -0.760. The van der Waals surface area contributed by atoms with Crippen LogP contribution in [-0.4, -0.2) is 92.3 Å². The lowest BCUT2D eigenvalue weighted by Crippen LogP contribution is -2.49. The summed E-state index contributed by atoms with van der Waals surface area (Å²) in [6, 6.07) is 1.46. The van der Waals surface area contributed by atoms with Crippen LogP contribution in [0.2, 0.25) is 0 Å². The predicted octanol–water partition coefficient (Wildman–Crippen LogP) is 1.36. The summed E-state index contributed by atoms with van der Waals surface area (Å²) >= 11 is 0. The highest BCUT2D eigenvalue weighted by molar-refractivity contribution is 6.03. The molecule has 2 aromatic heterocycles. The minimum Gasteiger partial charge on any atom is -0.506 e. The molecule has 4 N–H and O–H groups in total. The number of hydrogen-bond donors (Lipinski definition) is 4. The zero-order valence-electron chi connectivity index (χ0n) is 22.4. The smallest absolute Gasteiger partial charge is 0.420 e. The first-order chi connectivity index (χ1) is 19.3. The molecule has 2 aromatic rings. The number of alkyl halides is 3. The lowest BCUT2D eigenvalue weighted by molar-refractivity contribution is -0.139. The van der Waals surface area contributed by atoms with Gasteiger partial charge in [0.25, 0.3) is 11.8 Å². The van der Waals surface area contributed by atoms with Crippen molar-refractivity contribution >= 4 is 35.1 Å². The van der Waals surface area contributed by atoms with Crippen LogP contribution in [0.5, 0.6) is 5.75 Å². The minimum absolute atomic E-state index is 0.0486. The molecule has 1 atom stereocenters. The van der Waals surface area contributed by atoms with Gasteiger partial charge in [-0.05, 0) is 26.8 Å². The lowest BCUT2D eigenvalue weighted by Gasteiger charge is -2.35. The molecule has 0 aromatic carbocycles. The van der Waals surface area contributed by atoms with Crippen LogP contribution >= 0.6 is 0 Å². The number of hydrogen-bond acceptors (Lipinski definition) is 10. The first kappa shape index (κ1) is 30.9. The van der Waals surface area contributed by atoms with E-state index in [1.165, 1.54) is 25.5 Å². The summed E-state index contributed by atoms with van der Waals surface area (Å²) in [5, 5.41) is 23.3. The summed E-state index contributed by atoms with van der Waals surface area (Å²) < 4.78 is 38.9. The zero-order valence-corrected chi connectivity index (χ0v) is 22.4. The molecule has 1 saturated heterocycles. The molecule has 1 aliphatic rings. The average molecular weight is 579 g/mol. The largest absolute Gasteiger partial charge is 0.506 e. The SMILES string of the molecule is CC(=N/C=C(\C)C(=O)Nc1cc(C(F)(F)F)c(O)cn1)C(C)NC(=O)c1cc(N2CCN(C(=O)CO)CC2)ncn1. The van der Waals surface area contributed by atoms with Crippen LogP contribution in [0.1, 0.15) is 36.8 Å². The van der Waals surface area contributed by atoms with Crippen LogP contribution < -0.4 is 15.5 Å². The van der Waals surface area contributed by atoms with Crippen molar-refractivity contribution in [2.24, 2.45) is 4.99 Å². The maximum absolute atomic E-state index is 13.0.